The monoisotopic (exact) mass is 572 g/mol. The van der Waals surface area contributed by atoms with Crippen LogP contribution in [0.25, 0.3) is 33.2 Å². The number of phenolic OH excluding ortho intramolecular Hbond substituents is 6. The highest BCUT2D eigenvalue weighted by molar-refractivity contribution is 6.05. The second-order valence-electron chi connectivity index (χ2n) is 9.65. The zero-order chi connectivity index (χ0) is 30.0. The normalized spacial score (nSPS) is 16.3. The van der Waals surface area contributed by atoms with E-state index in [1.165, 1.54) is 36.4 Å². The molecule has 8 N–H and O–H groups in total. The summed E-state index contributed by atoms with van der Waals surface area (Å²) in [5.41, 5.74) is -1.91. The lowest BCUT2D eigenvalue weighted by molar-refractivity contribution is 0.0211. The average molecular weight is 572 g/mol. The molecule has 1 aromatic heterocycles. The van der Waals surface area contributed by atoms with Gasteiger partial charge in [-0.1, -0.05) is 12.1 Å². The topological polar surface area (TPSA) is 218 Å². The summed E-state index contributed by atoms with van der Waals surface area (Å²) < 4.78 is 10.9. The second-order valence-corrected chi connectivity index (χ2v) is 9.65. The number of carbonyl (C=O) groups excluding carboxylic acids is 1. The standard InChI is InChI=1S/C30H20O12/c31-13-7-17-25(37)23(30(40)42-29(17)21(36)9-13)11-1-3-18(33)15(5-11)16-6-12(2-4-19(16)34)28-27(39)26(38)24-20(35)8-14(32)10-22(24)41-28/h1-10,27-28,31-37,39H. The van der Waals surface area contributed by atoms with Crippen LogP contribution in [-0.4, -0.2) is 52.7 Å². The minimum Gasteiger partial charge on any atom is -0.508 e. The van der Waals surface area contributed by atoms with Crippen molar-refractivity contribution in [3.05, 3.63) is 82.2 Å². The molecule has 2 atom stereocenters. The quantitative estimate of drug-likeness (QED) is 0.145. The van der Waals surface area contributed by atoms with Gasteiger partial charge in [-0.05, 0) is 41.5 Å². The third kappa shape index (κ3) is 4.05. The summed E-state index contributed by atoms with van der Waals surface area (Å²) in [6.45, 7) is 0. The number of hydrogen-bond donors (Lipinski definition) is 8. The van der Waals surface area contributed by atoms with E-state index in [4.69, 9.17) is 9.15 Å². The highest BCUT2D eigenvalue weighted by Gasteiger charge is 2.39. The van der Waals surface area contributed by atoms with Gasteiger partial charge in [-0.3, -0.25) is 4.79 Å². The lowest BCUT2D eigenvalue weighted by Gasteiger charge is -2.30. The van der Waals surface area contributed by atoms with E-state index in [1.54, 1.807) is 0 Å². The van der Waals surface area contributed by atoms with Crippen LogP contribution in [0.3, 0.4) is 0 Å². The van der Waals surface area contributed by atoms with E-state index in [2.05, 4.69) is 0 Å². The van der Waals surface area contributed by atoms with Gasteiger partial charge in [0.15, 0.2) is 23.5 Å². The summed E-state index contributed by atoms with van der Waals surface area (Å²) in [7, 11) is 0. The fourth-order valence-electron chi connectivity index (χ4n) is 5.03. The van der Waals surface area contributed by atoms with Crippen LogP contribution in [0.4, 0.5) is 0 Å². The number of ketones is 1. The molecule has 2 unspecified atom stereocenters. The Balaban J connectivity index is 1.47. The Kier molecular flexibility index (Phi) is 5.87. The Labute approximate surface area is 234 Å². The van der Waals surface area contributed by atoms with E-state index < -0.39 is 46.6 Å². The molecule has 0 amide bonds. The lowest BCUT2D eigenvalue weighted by Crippen LogP contribution is -2.36. The summed E-state index contributed by atoms with van der Waals surface area (Å²) in [6, 6.07) is 11.7. The fourth-order valence-corrected chi connectivity index (χ4v) is 5.03. The van der Waals surface area contributed by atoms with Crippen LogP contribution in [0.2, 0.25) is 0 Å². The first kappa shape index (κ1) is 26.3. The molecule has 0 aliphatic carbocycles. The number of carbonyl (C=O) groups is 1. The molecule has 0 saturated carbocycles. The van der Waals surface area contributed by atoms with Crippen molar-refractivity contribution in [1.29, 1.82) is 0 Å². The van der Waals surface area contributed by atoms with Gasteiger partial charge in [0.2, 0.25) is 5.78 Å². The SMILES string of the molecule is O=C1c2c(O)cc(O)cc2OC(c2ccc(O)c(-c3cc(-c4c(O)c5cc(O)cc(O)c5oc4=O)ccc3O)c2)C1O. The average Bonchev–Trinajstić information content (AvgIpc) is 2.92. The third-order valence-electron chi connectivity index (χ3n) is 6.99. The zero-order valence-electron chi connectivity index (χ0n) is 21.1. The molecule has 212 valence electrons. The predicted octanol–water partition coefficient (Wildman–Crippen LogP) is 3.74. The highest BCUT2D eigenvalue weighted by Crippen LogP contribution is 2.45. The van der Waals surface area contributed by atoms with Crippen molar-refractivity contribution in [3.63, 3.8) is 0 Å². The van der Waals surface area contributed by atoms with Crippen molar-refractivity contribution >= 4 is 16.8 Å². The van der Waals surface area contributed by atoms with Crippen molar-refractivity contribution in [1.82, 2.24) is 0 Å². The van der Waals surface area contributed by atoms with Gasteiger partial charge in [-0.25, -0.2) is 4.79 Å². The van der Waals surface area contributed by atoms with Crippen LogP contribution >= 0.6 is 0 Å². The summed E-state index contributed by atoms with van der Waals surface area (Å²) in [5, 5.41) is 82.7. The van der Waals surface area contributed by atoms with E-state index >= 15 is 0 Å². The van der Waals surface area contributed by atoms with Gasteiger partial charge in [0.1, 0.15) is 51.4 Å². The summed E-state index contributed by atoms with van der Waals surface area (Å²) in [5.74, 6) is -4.30. The van der Waals surface area contributed by atoms with Gasteiger partial charge in [0, 0.05) is 29.3 Å². The van der Waals surface area contributed by atoms with E-state index in [9.17, 15) is 50.4 Å². The number of aromatic hydroxyl groups is 7. The maximum absolute atomic E-state index is 12.9. The summed E-state index contributed by atoms with van der Waals surface area (Å²) in [6.07, 6.45) is -3.12. The molecule has 2 heterocycles. The molecule has 12 nitrogen and oxygen atoms in total. The van der Waals surface area contributed by atoms with Crippen molar-refractivity contribution in [2.45, 2.75) is 12.2 Å². The lowest BCUT2D eigenvalue weighted by atomic mass is 9.90. The summed E-state index contributed by atoms with van der Waals surface area (Å²) >= 11 is 0. The van der Waals surface area contributed by atoms with Crippen molar-refractivity contribution in [2.24, 2.45) is 0 Å². The van der Waals surface area contributed by atoms with Crippen LogP contribution in [0, 0.1) is 0 Å². The minimum absolute atomic E-state index is 0.0143. The van der Waals surface area contributed by atoms with Crippen molar-refractivity contribution in [3.8, 4) is 68.2 Å². The molecule has 0 saturated heterocycles. The van der Waals surface area contributed by atoms with Gasteiger partial charge in [0.25, 0.3) is 0 Å². The molecule has 4 aromatic carbocycles. The fraction of sp³-hybridized carbons (Fsp3) is 0.0667. The Morgan fingerprint density at radius 3 is 2.02 bits per heavy atom. The predicted molar refractivity (Wildman–Crippen MR) is 145 cm³/mol. The number of hydrogen-bond acceptors (Lipinski definition) is 12. The largest absolute Gasteiger partial charge is 0.508 e. The Bertz CT molecular complexity index is 2010. The van der Waals surface area contributed by atoms with Crippen LogP contribution in [0.1, 0.15) is 22.0 Å². The van der Waals surface area contributed by atoms with E-state index in [1.807, 2.05) is 0 Å². The summed E-state index contributed by atoms with van der Waals surface area (Å²) in [4.78, 5) is 25.7. The first-order chi connectivity index (χ1) is 19.9. The van der Waals surface area contributed by atoms with Crippen molar-refractivity contribution < 1.29 is 54.8 Å². The van der Waals surface area contributed by atoms with Gasteiger partial charge in [-0.15, -0.1) is 0 Å². The zero-order valence-corrected chi connectivity index (χ0v) is 21.1. The van der Waals surface area contributed by atoms with Gasteiger partial charge in [-0.2, -0.15) is 0 Å². The number of rotatable bonds is 3. The molecule has 6 rings (SSSR count). The van der Waals surface area contributed by atoms with Crippen molar-refractivity contribution in [2.75, 3.05) is 0 Å². The molecule has 5 aromatic rings. The van der Waals surface area contributed by atoms with E-state index in [0.29, 0.717) is 0 Å². The molecule has 0 spiro atoms. The smallest absolute Gasteiger partial charge is 0.348 e. The first-order valence-corrected chi connectivity index (χ1v) is 12.3. The molecular weight excluding hydrogens is 552 g/mol. The molecule has 12 heteroatoms. The number of aliphatic hydroxyl groups excluding tert-OH is 1. The molecule has 0 radical (unpaired) electrons. The molecule has 1 aliphatic heterocycles. The van der Waals surface area contributed by atoms with E-state index in [0.717, 1.165) is 24.3 Å². The Morgan fingerprint density at radius 2 is 1.29 bits per heavy atom. The van der Waals surface area contributed by atoms with Gasteiger partial charge in [0.05, 0.1) is 5.39 Å². The molecule has 0 bridgehead atoms. The maximum atomic E-state index is 12.9. The van der Waals surface area contributed by atoms with Gasteiger partial charge < -0.3 is 50.0 Å². The molecule has 42 heavy (non-hydrogen) atoms. The van der Waals surface area contributed by atoms with Gasteiger partial charge >= 0.3 is 5.63 Å². The minimum atomic E-state index is -1.78. The molecular formula is C30H20O12. The second kappa shape index (κ2) is 9.35. The number of ether oxygens (including phenoxy) is 1. The number of fused-ring (bicyclic) bond motifs is 2. The van der Waals surface area contributed by atoms with Crippen LogP contribution in [-0.2, 0) is 0 Å². The third-order valence-corrected chi connectivity index (χ3v) is 6.99. The number of phenols is 6. The Hall–Kier alpha value is -5.88. The number of Topliss-reactive ketones (excluding diaryl/α,β-unsaturated/α-hetero) is 1. The number of benzene rings is 4. The number of aliphatic hydroxyl groups is 1. The first-order valence-electron chi connectivity index (χ1n) is 12.3. The molecule has 0 fully saturated rings. The van der Waals surface area contributed by atoms with Crippen LogP contribution < -0.4 is 10.4 Å². The molecule has 1 aliphatic rings. The van der Waals surface area contributed by atoms with Crippen LogP contribution in [0.15, 0.2) is 69.9 Å². The maximum Gasteiger partial charge on any atom is 0.348 e. The van der Waals surface area contributed by atoms with Crippen LogP contribution in [0.5, 0.6) is 46.0 Å². The highest BCUT2D eigenvalue weighted by atomic mass is 16.5. The Morgan fingerprint density at radius 1 is 0.643 bits per heavy atom. The van der Waals surface area contributed by atoms with E-state index in [-0.39, 0.29) is 67.3 Å².